The minimum absolute atomic E-state index is 0.112. The molecule has 1 aliphatic heterocycles. The highest BCUT2D eigenvalue weighted by Gasteiger charge is 2.24. The first-order valence-corrected chi connectivity index (χ1v) is 7.68. The zero-order valence-corrected chi connectivity index (χ0v) is 12.6. The first-order valence-electron chi connectivity index (χ1n) is 7.68. The van der Waals surface area contributed by atoms with E-state index in [0.29, 0.717) is 6.04 Å². The van der Waals surface area contributed by atoms with E-state index in [1.807, 2.05) is 12.1 Å². The lowest BCUT2D eigenvalue weighted by Gasteiger charge is -2.36. The lowest BCUT2D eigenvalue weighted by Crippen LogP contribution is -2.45. The number of anilines is 2. The van der Waals surface area contributed by atoms with E-state index in [-0.39, 0.29) is 18.2 Å². The minimum atomic E-state index is -0.112. The van der Waals surface area contributed by atoms with Crippen LogP contribution in [-0.4, -0.2) is 37.4 Å². The molecule has 2 fully saturated rings. The van der Waals surface area contributed by atoms with Crippen molar-refractivity contribution in [3.8, 4) is 0 Å². The summed E-state index contributed by atoms with van der Waals surface area (Å²) in [6.07, 6.45) is 2.69. The molecule has 3 rings (SSSR count). The number of hydrogen-bond acceptors (Lipinski definition) is 3. The van der Waals surface area contributed by atoms with E-state index in [0.717, 1.165) is 31.6 Å². The van der Waals surface area contributed by atoms with E-state index < -0.39 is 0 Å². The van der Waals surface area contributed by atoms with E-state index in [2.05, 4.69) is 41.5 Å². The molecule has 1 heterocycles. The van der Waals surface area contributed by atoms with Gasteiger partial charge in [0.05, 0.1) is 12.2 Å². The Labute approximate surface area is 125 Å². The maximum Gasteiger partial charge on any atom is 0.319 e. The van der Waals surface area contributed by atoms with E-state index in [4.69, 9.17) is 4.74 Å². The number of rotatable bonds is 3. The SMILES string of the molecule is C[C@H]1CN(c2ccc(NC(=O)NC3CC3)cc2)C[C@H](C)O1. The average molecular weight is 289 g/mol. The van der Waals surface area contributed by atoms with Gasteiger partial charge in [-0.25, -0.2) is 4.79 Å². The summed E-state index contributed by atoms with van der Waals surface area (Å²) in [4.78, 5) is 14.0. The molecule has 1 aromatic carbocycles. The van der Waals surface area contributed by atoms with Crippen molar-refractivity contribution in [3.05, 3.63) is 24.3 Å². The Balaban J connectivity index is 1.59. The molecule has 2 amide bonds. The van der Waals surface area contributed by atoms with Crippen LogP contribution in [0.4, 0.5) is 16.2 Å². The molecular weight excluding hydrogens is 266 g/mol. The van der Waals surface area contributed by atoms with Crippen LogP contribution >= 0.6 is 0 Å². The maximum atomic E-state index is 11.7. The lowest BCUT2D eigenvalue weighted by molar-refractivity contribution is -0.00521. The highest BCUT2D eigenvalue weighted by Crippen LogP contribution is 2.23. The van der Waals surface area contributed by atoms with Gasteiger partial charge in [0.2, 0.25) is 0 Å². The highest BCUT2D eigenvalue weighted by atomic mass is 16.5. The van der Waals surface area contributed by atoms with Gasteiger partial charge in [-0.1, -0.05) is 0 Å². The number of nitrogens with zero attached hydrogens (tertiary/aromatic N) is 1. The molecule has 1 saturated heterocycles. The van der Waals surface area contributed by atoms with Gasteiger partial charge in [0.25, 0.3) is 0 Å². The van der Waals surface area contributed by atoms with Crippen LogP contribution in [0.2, 0.25) is 0 Å². The van der Waals surface area contributed by atoms with Gasteiger partial charge in [0, 0.05) is 30.5 Å². The van der Waals surface area contributed by atoms with Crippen molar-refractivity contribution in [3.63, 3.8) is 0 Å². The Hall–Kier alpha value is -1.75. The molecule has 21 heavy (non-hydrogen) atoms. The normalized spacial score (nSPS) is 25.5. The molecule has 1 aromatic rings. The highest BCUT2D eigenvalue weighted by molar-refractivity contribution is 5.89. The van der Waals surface area contributed by atoms with Crippen molar-refractivity contribution >= 4 is 17.4 Å². The average Bonchev–Trinajstić information content (AvgIpc) is 3.22. The van der Waals surface area contributed by atoms with Crippen LogP contribution < -0.4 is 15.5 Å². The quantitative estimate of drug-likeness (QED) is 0.899. The summed E-state index contributed by atoms with van der Waals surface area (Å²) in [5, 5.41) is 5.78. The van der Waals surface area contributed by atoms with Crippen molar-refractivity contribution in [2.75, 3.05) is 23.3 Å². The van der Waals surface area contributed by atoms with Crippen molar-refractivity contribution in [2.24, 2.45) is 0 Å². The van der Waals surface area contributed by atoms with Crippen LogP contribution in [0.3, 0.4) is 0 Å². The van der Waals surface area contributed by atoms with Gasteiger partial charge in [0.15, 0.2) is 0 Å². The number of morpholine rings is 1. The number of urea groups is 1. The van der Waals surface area contributed by atoms with Gasteiger partial charge in [-0.3, -0.25) is 0 Å². The molecule has 0 spiro atoms. The van der Waals surface area contributed by atoms with Crippen molar-refractivity contribution in [1.82, 2.24) is 5.32 Å². The summed E-state index contributed by atoms with van der Waals surface area (Å²) >= 11 is 0. The number of ether oxygens (including phenoxy) is 1. The van der Waals surface area contributed by atoms with Gasteiger partial charge in [-0.05, 0) is 51.0 Å². The second-order valence-electron chi connectivity index (χ2n) is 6.08. The Morgan fingerprint density at radius 3 is 2.33 bits per heavy atom. The Morgan fingerprint density at radius 2 is 1.76 bits per heavy atom. The molecule has 2 atom stereocenters. The monoisotopic (exact) mass is 289 g/mol. The van der Waals surface area contributed by atoms with Gasteiger partial charge < -0.3 is 20.3 Å². The third-order valence-corrected chi connectivity index (χ3v) is 3.82. The molecule has 0 radical (unpaired) electrons. The molecule has 0 unspecified atom stereocenters. The first-order chi connectivity index (χ1) is 10.1. The third kappa shape index (κ3) is 3.88. The predicted octanol–water partition coefficient (Wildman–Crippen LogP) is 2.58. The molecule has 5 heteroatoms. The summed E-state index contributed by atoms with van der Waals surface area (Å²) in [7, 11) is 0. The Kier molecular flexibility index (Phi) is 4.01. The van der Waals surface area contributed by atoms with Crippen LogP contribution in [0.25, 0.3) is 0 Å². The van der Waals surface area contributed by atoms with E-state index in [1.54, 1.807) is 0 Å². The number of hydrogen-bond donors (Lipinski definition) is 2. The minimum Gasteiger partial charge on any atom is -0.372 e. The smallest absolute Gasteiger partial charge is 0.319 e. The molecule has 0 aromatic heterocycles. The van der Waals surface area contributed by atoms with Crippen molar-refractivity contribution in [2.45, 2.75) is 44.9 Å². The van der Waals surface area contributed by atoms with Gasteiger partial charge in [-0.15, -0.1) is 0 Å². The third-order valence-electron chi connectivity index (χ3n) is 3.82. The largest absolute Gasteiger partial charge is 0.372 e. The predicted molar refractivity (Wildman–Crippen MR) is 83.8 cm³/mol. The van der Waals surface area contributed by atoms with Gasteiger partial charge in [-0.2, -0.15) is 0 Å². The van der Waals surface area contributed by atoms with Gasteiger partial charge >= 0.3 is 6.03 Å². The molecule has 1 aliphatic carbocycles. The molecule has 5 nitrogen and oxygen atoms in total. The fraction of sp³-hybridized carbons (Fsp3) is 0.562. The number of nitrogens with one attached hydrogen (secondary N) is 2. The Bertz CT molecular complexity index is 489. The first kappa shape index (κ1) is 14.2. The van der Waals surface area contributed by atoms with Gasteiger partial charge in [0.1, 0.15) is 0 Å². The summed E-state index contributed by atoms with van der Waals surface area (Å²) in [6.45, 7) is 6.00. The van der Waals surface area contributed by atoms with E-state index >= 15 is 0 Å². The molecule has 114 valence electrons. The number of carbonyl (C=O) groups is 1. The molecule has 2 N–H and O–H groups in total. The maximum absolute atomic E-state index is 11.7. The molecule has 0 bridgehead atoms. The zero-order chi connectivity index (χ0) is 14.8. The van der Waals surface area contributed by atoms with Crippen molar-refractivity contribution in [1.29, 1.82) is 0 Å². The number of amides is 2. The number of benzene rings is 1. The van der Waals surface area contributed by atoms with E-state index in [1.165, 1.54) is 5.69 Å². The second kappa shape index (κ2) is 5.93. The summed E-state index contributed by atoms with van der Waals surface area (Å²) in [5.74, 6) is 0. The fourth-order valence-corrected chi connectivity index (χ4v) is 2.72. The topological polar surface area (TPSA) is 53.6 Å². The standard InChI is InChI=1S/C16H23N3O2/c1-11-9-19(10-12(2)21-11)15-7-5-14(6-8-15)18-16(20)17-13-3-4-13/h5-8,11-13H,3-4,9-10H2,1-2H3,(H2,17,18,20)/t11-,12-/m0/s1. The fourth-order valence-electron chi connectivity index (χ4n) is 2.72. The summed E-state index contributed by atoms with van der Waals surface area (Å²) < 4.78 is 5.75. The van der Waals surface area contributed by atoms with Crippen molar-refractivity contribution < 1.29 is 9.53 Å². The molecule has 1 saturated carbocycles. The molecular formula is C16H23N3O2. The summed E-state index contributed by atoms with van der Waals surface area (Å²) in [5.41, 5.74) is 2.00. The van der Waals surface area contributed by atoms with E-state index in [9.17, 15) is 4.79 Å². The summed E-state index contributed by atoms with van der Waals surface area (Å²) in [6, 6.07) is 8.27. The van der Waals surface area contributed by atoms with Crippen LogP contribution in [0.1, 0.15) is 26.7 Å². The van der Waals surface area contributed by atoms with Crippen LogP contribution in [-0.2, 0) is 4.74 Å². The second-order valence-corrected chi connectivity index (χ2v) is 6.08. The Morgan fingerprint density at radius 1 is 1.14 bits per heavy atom. The number of carbonyl (C=O) groups excluding carboxylic acids is 1. The zero-order valence-electron chi connectivity index (χ0n) is 12.6. The van der Waals surface area contributed by atoms with Crippen LogP contribution in [0.5, 0.6) is 0 Å². The molecule has 2 aliphatic rings. The van der Waals surface area contributed by atoms with Crippen LogP contribution in [0, 0.1) is 0 Å². The lowest BCUT2D eigenvalue weighted by atomic mass is 10.2. The van der Waals surface area contributed by atoms with Crippen LogP contribution in [0.15, 0.2) is 24.3 Å².